The fraction of sp³-hybridized carbons (Fsp3) is 0.500. The van der Waals surface area contributed by atoms with Crippen molar-refractivity contribution < 1.29 is 0 Å². The smallest absolute Gasteiger partial charge is 0.210 e. The molecule has 0 aliphatic rings. The van der Waals surface area contributed by atoms with Gasteiger partial charge in [0.2, 0.25) is 5.16 Å². The van der Waals surface area contributed by atoms with E-state index in [1.165, 1.54) is 22.2 Å². The average molecular weight is 349 g/mol. The predicted octanol–water partition coefficient (Wildman–Crippen LogP) is 2.92. The van der Waals surface area contributed by atoms with Crippen LogP contribution in [-0.4, -0.2) is 30.2 Å². The van der Waals surface area contributed by atoms with Gasteiger partial charge < -0.3 is 5.73 Å². The van der Waals surface area contributed by atoms with E-state index in [4.69, 9.17) is 5.73 Å². The number of hydrogen-bond acceptors (Lipinski definition) is 8. The molecule has 0 aromatic carbocycles. The van der Waals surface area contributed by atoms with E-state index in [1.54, 1.807) is 16.0 Å². The number of nitrogen functional groups attached to an aromatic ring is 1. The van der Waals surface area contributed by atoms with Crippen LogP contribution in [0.3, 0.4) is 0 Å². The maximum atomic E-state index is 6.12. The van der Waals surface area contributed by atoms with E-state index >= 15 is 0 Å². The van der Waals surface area contributed by atoms with E-state index < -0.39 is 0 Å². The van der Waals surface area contributed by atoms with Crippen LogP contribution >= 0.6 is 23.1 Å². The Morgan fingerprint density at radius 1 is 1.22 bits per heavy atom. The van der Waals surface area contributed by atoms with Crippen LogP contribution in [0.2, 0.25) is 0 Å². The molecule has 3 aromatic rings. The predicted molar refractivity (Wildman–Crippen MR) is 93.7 cm³/mol. The molecule has 7 nitrogen and oxygen atoms in total. The molecule has 0 atom stereocenters. The van der Waals surface area contributed by atoms with Crippen molar-refractivity contribution in [2.45, 2.75) is 51.1 Å². The summed E-state index contributed by atoms with van der Waals surface area (Å²) < 4.78 is 1.80. The second-order valence-corrected chi connectivity index (χ2v) is 8.47. The molecular formula is C14H19N7S2. The Bertz CT molecular complexity index is 860. The number of aromatic nitrogens is 6. The van der Waals surface area contributed by atoms with Crippen LogP contribution in [0.5, 0.6) is 0 Å². The first-order valence-electron chi connectivity index (χ1n) is 7.21. The van der Waals surface area contributed by atoms with Gasteiger partial charge in [0.15, 0.2) is 0 Å². The quantitative estimate of drug-likeness (QED) is 0.726. The molecule has 0 aliphatic heterocycles. The van der Waals surface area contributed by atoms with Crippen molar-refractivity contribution in [2.24, 2.45) is 0 Å². The van der Waals surface area contributed by atoms with Crippen molar-refractivity contribution in [3.63, 3.8) is 0 Å². The minimum Gasteiger partial charge on any atom is -0.383 e. The maximum Gasteiger partial charge on any atom is 0.210 e. The van der Waals surface area contributed by atoms with E-state index in [2.05, 4.69) is 60.1 Å². The van der Waals surface area contributed by atoms with Gasteiger partial charge in [-0.1, -0.05) is 11.8 Å². The van der Waals surface area contributed by atoms with E-state index in [0.29, 0.717) is 17.4 Å². The molecule has 23 heavy (non-hydrogen) atoms. The average Bonchev–Trinajstić information content (AvgIpc) is 3.02. The number of fused-ring (bicyclic) bond motifs is 1. The minimum atomic E-state index is -0.169. The number of thiophene rings is 1. The molecule has 122 valence electrons. The monoisotopic (exact) mass is 349 g/mol. The molecule has 2 N–H and O–H groups in total. The zero-order valence-electron chi connectivity index (χ0n) is 13.8. The molecule has 0 saturated heterocycles. The summed E-state index contributed by atoms with van der Waals surface area (Å²) in [5.74, 6) is 1.82. The first-order chi connectivity index (χ1) is 10.8. The summed E-state index contributed by atoms with van der Waals surface area (Å²) in [7, 11) is 0. The lowest BCUT2D eigenvalue weighted by atomic mass is 10.1. The normalized spacial score (nSPS) is 12.2. The van der Waals surface area contributed by atoms with Crippen molar-refractivity contribution >= 4 is 39.1 Å². The molecule has 3 rings (SSSR count). The molecule has 0 unspecified atom stereocenters. The molecule has 0 fully saturated rings. The summed E-state index contributed by atoms with van der Waals surface area (Å²) >= 11 is 3.16. The van der Waals surface area contributed by atoms with Crippen LogP contribution in [0.25, 0.3) is 10.2 Å². The molecule has 3 aromatic heterocycles. The van der Waals surface area contributed by atoms with Gasteiger partial charge >= 0.3 is 0 Å². The summed E-state index contributed by atoms with van der Waals surface area (Å²) in [6.07, 6.45) is 0. The van der Waals surface area contributed by atoms with Crippen molar-refractivity contribution in [2.75, 3.05) is 5.73 Å². The number of nitrogens with two attached hydrogens (primary N) is 1. The summed E-state index contributed by atoms with van der Waals surface area (Å²) in [6, 6.07) is 0. The van der Waals surface area contributed by atoms with Gasteiger partial charge in [-0.15, -0.1) is 16.4 Å². The van der Waals surface area contributed by atoms with Gasteiger partial charge in [-0.25, -0.2) is 14.6 Å². The third-order valence-electron chi connectivity index (χ3n) is 3.51. The van der Waals surface area contributed by atoms with Gasteiger partial charge in [-0.3, -0.25) is 0 Å². The summed E-state index contributed by atoms with van der Waals surface area (Å²) in [5, 5.41) is 13.6. The maximum absolute atomic E-state index is 6.12. The van der Waals surface area contributed by atoms with Crippen LogP contribution in [0, 0.1) is 13.8 Å². The van der Waals surface area contributed by atoms with Crippen molar-refractivity contribution in [3.8, 4) is 0 Å². The number of tetrazole rings is 1. The topological polar surface area (TPSA) is 95.4 Å². The van der Waals surface area contributed by atoms with Crippen molar-refractivity contribution in [3.05, 3.63) is 16.3 Å². The summed E-state index contributed by atoms with van der Waals surface area (Å²) in [5.41, 5.74) is 7.12. The van der Waals surface area contributed by atoms with Crippen molar-refractivity contribution in [1.82, 2.24) is 30.2 Å². The van der Waals surface area contributed by atoms with Gasteiger partial charge in [0, 0.05) is 4.88 Å². The van der Waals surface area contributed by atoms with E-state index in [0.717, 1.165) is 15.4 Å². The third kappa shape index (κ3) is 3.02. The van der Waals surface area contributed by atoms with Gasteiger partial charge in [-0.05, 0) is 50.6 Å². The molecule has 0 saturated carbocycles. The van der Waals surface area contributed by atoms with Crippen LogP contribution in [0.1, 0.15) is 37.0 Å². The number of anilines is 1. The number of hydrogen-bond donors (Lipinski definition) is 1. The molecule has 0 spiro atoms. The highest BCUT2D eigenvalue weighted by Gasteiger charge is 2.20. The van der Waals surface area contributed by atoms with Gasteiger partial charge in [-0.2, -0.15) is 0 Å². The Morgan fingerprint density at radius 2 is 1.96 bits per heavy atom. The summed E-state index contributed by atoms with van der Waals surface area (Å²) in [6.45, 7) is 10.3. The van der Waals surface area contributed by atoms with Gasteiger partial charge in [0.1, 0.15) is 16.5 Å². The Balaban J connectivity index is 1.87. The molecule has 0 aliphatic carbocycles. The van der Waals surface area contributed by atoms with E-state index in [9.17, 15) is 0 Å². The Kier molecular flexibility index (Phi) is 4.01. The van der Waals surface area contributed by atoms with E-state index in [1.807, 2.05) is 0 Å². The highest BCUT2D eigenvalue weighted by atomic mass is 32.2. The van der Waals surface area contributed by atoms with Crippen LogP contribution in [0.4, 0.5) is 5.82 Å². The van der Waals surface area contributed by atoms with Crippen LogP contribution < -0.4 is 5.73 Å². The minimum absolute atomic E-state index is 0.169. The highest BCUT2D eigenvalue weighted by molar-refractivity contribution is 7.98. The fourth-order valence-electron chi connectivity index (χ4n) is 2.21. The Morgan fingerprint density at radius 3 is 2.65 bits per heavy atom. The summed E-state index contributed by atoms with van der Waals surface area (Å²) in [4.78, 5) is 11.2. The second kappa shape index (κ2) is 5.72. The SMILES string of the molecule is Cc1sc2nc(CSc3nnnn3C(C)(C)C)nc(N)c2c1C. The van der Waals surface area contributed by atoms with Crippen molar-refractivity contribution in [1.29, 1.82) is 0 Å². The molecule has 3 heterocycles. The largest absolute Gasteiger partial charge is 0.383 e. The standard InChI is InChI=1S/C14H19N7S2/c1-7-8(2)23-12-10(7)11(15)16-9(17-12)6-22-13-18-19-20-21(13)14(3,4)5/h6H2,1-5H3,(H2,15,16,17). The molecule has 0 radical (unpaired) electrons. The number of thioether (sulfide) groups is 1. The second-order valence-electron chi connectivity index (χ2n) is 6.32. The molecule has 0 bridgehead atoms. The highest BCUT2D eigenvalue weighted by Crippen LogP contribution is 2.33. The van der Waals surface area contributed by atoms with E-state index in [-0.39, 0.29) is 5.54 Å². The fourth-order valence-corrected chi connectivity index (χ4v) is 4.18. The first-order valence-corrected chi connectivity index (χ1v) is 9.01. The van der Waals surface area contributed by atoms with Crippen LogP contribution in [-0.2, 0) is 11.3 Å². The number of rotatable bonds is 3. The van der Waals surface area contributed by atoms with Gasteiger partial charge in [0.25, 0.3) is 0 Å². The third-order valence-corrected chi connectivity index (χ3v) is 5.53. The van der Waals surface area contributed by atoms with Crippen LogP contribution in [0.15, 0.2) is 5.16 Å². The lowest BCUT2D eigenvalue weighted by Gasteiger charge is -2.19. The molecular weight excluding hydrogens is 330 g/mol. The Labute approximate surface area is 142 Å². The Hall–Kier alpha value is -1.74. The zero-order chi connectivity index (χ0) is 16.8. The first kappa shape index (κ1) is 16.1. The molecule has 0 amide bonds. The number of aryl methyl sites for hydroxylation is 2. The van der Waals surface area contributed by atoms with Gasteiger partial charge in [0.05, 0.1) is 16.7 Å². The lowest BCUT2D eigenvalue weighted by molar-refractivity contribution is 0.321. The number of nitrogens with zero attached hydrogens (tertiary/aromatic N) is 6. The lowest BCUT2D eigenvalue weighted by Crippen LogP contribution is -2.24. The zero-order valence-corrected chi connectivity index (χ0v) is 15.4. The molecule has 9 heteroatoms.